The fourth-order valence-corrected chi connectivity index (χ4v) is 2.85. The molecule has 128 valence electrons. The number of hydrogen-bond acceptors (Lipinski definition) is 5. The van der Waals surface area contributed by atoms with E-state index in [9.17, 15) is 22.0 Å². The molecule has 0 amide bonds. The molecule has 0 aromatic heterocycles. The maximum Gasteiger partial charge on any atom is 0.363 e. The summed E-state index contributed by atoms with van der Waals surface area (Å²) in [4.78, 5) is 15.5. The van der Waals surface area contributed by atoms with Crippen LogP contribution in [0.15, 0.2) is 70.2 Å². The molecule has 0 radical (unpaired) electrons. The molecule has 2 aromatic carbocycles. The lowest BCUT2D eigenvalue weighted by Crippen LogP contribution is -2.11. The molecule has 2 aromatic rings. The Labute approximate surface area is 142 Å². The first-order valence-corrected chi connectivity index (χ1v) is 8.62. The normalized spacial score (nSPS) is 16.2. The van der Waals surface area contributed by atoms with E-state index >= 15 is 0 Å². The number of esters is 1. The first kappa shape index (κ1) is 17.0. The Kier molecular flexibility index (Phi) is 4.45. The number of ether oxygens (including phenoxy) is 1. The van der Waals surface area contributed by atoms with Crippen molar-refractivity contribution in [1.82, 2.24) is 0 Å². The zero-order valence-corrected chi connectivity index (χ0v) is 13.4. The van der Waals surface area contributed by atoms with Gasteiger partial charge in [0.15, 0.2) is 5.70 Å². The number of aliphatic imine (C=N–C) groups is 1. The number of carbonyl (C=O) groups is 1. The molecule has 5 nitrogen and oxygen atoms in total. The Balaban J connectivity index is 1.88. The largest absolute Gasteiger partial charge is 0.402 e. The zero-order valence-electron chi connectivity index (χ0n) is 12.6. The van der Waals surface area contributed by atoms with Gasteiger partial charge in [-0.3, -0.25) is 0 Å². The van der Waals surface area contributed by atoms with Crippen LogP contribution in [0.1, 0.15) is 11.1 Å². The predicted octanol–water partition coefficient (Wildman–Crippen LogP) is 3.03. The number of halogens is 2. The second-order valence-corrected chi connectivity index (χ2v) is 6.99. The number of carbonyl (C=O) groups excluding carboxylic acids is 1. The molecule has 0 saturated carbocycles. The second-order valence-electron chi connectivity index (χ2n) is 5.08. The maximum absolute atomic E-state index is 12.5. The summed E-state index contributed by atoms with van der Waals surface area (Å²) in [6.07, 6.45) is 1.39. The monoisotopic (exact) mass is 363 g/mol. The standard InChI is InChI=1S/C17H11F2NO4S/c18-17(19)25(22,23)13-8-6-11(7-9-13)10-14-16(21)24-15(20-14)12-4-2-1-3-5-12/h1-10,17H. The van der Waals surface area contributed by atoms with Gasteiger partial charge in [0.2, 0.25) is 15.7 Å². The Morgan fingerprint density at radius 1 is 1.00 bits per heavy atom. The topological polar surface area (TPSA) is 72.8 Å². The van der Waals surface area contributed by atoms with Crippen LogP contribution in [0.25, 0.3) is 6.08 Å². The van der Waals surface area contributed by atoms with Gasteiger partial charge in [-0.2, -0.15) is 8.78 Å². The summed E-state index contributed by atoms with van der Waals surface area (Å²) in [5, 5.41) is 0. The molecule has 0 fully saturated rings. The highest BCUT2D eigenvalue weighted by Crippen LogP contribution is 2.22. The van der Waals surface area contributed by atoms with Gasteiger partial charge in [-0.05, 0) is 35.9 Å². The summed E-state index contributed by atoms with van der Waals surface area (Å²) in [7, 11) is -4.65. The molecule has 0 bridgehead atoms. The van der Waals surface area contributed by atoms with Crippen LogP contribution in [0.5, 0.6) is 0 Å². The molecule has 25 heavy (non-hydrogen) atoms. The third kappa shape index (κ3) is 3.48. The van der Waals surface area contributed by atoms with Gasteiger partial charge in [-0.15, -0.1) is 0 Å². The van der Waals surface area contributed by atoms with Crippen molar-refractivity contribution in [3.63, 3.8) is 0 Å². The summed E-state index contributed by atoms with van der Waals surface area (Å²) in [5.41, 5.74) is 1.10. The quantitative estimate of drug-likeness (QED) is 0.618. The van der Waals surface area contributed by atoms with Crippen LogP contribution in [0.2, 0.25) is 0 Å². The number of cyclic esters (lactones) is 1. The number of alkyl halides is 2. The summed E-state index contributed by atoms with van der Waals surface area (Å²) < 4.78 is 52.9. The molecule has 0 atom stereocenters. The van der Waals surface area contributed by atoms with Crippen LogP contribution in [0, 0.1) is 0 Å². The van der Waals surface area contributed by atoms with Crippen molar-refractivity contribution in [2.24, 2.45) is 4.99 Å². The minimum Gasteiger partial charge on any atom is -0.402 e. The van der Waals surface area contributed by atoms with Gasteiger partial charge < -0.3 is 4.74 Å². The van der Waals surface area contributed by atoms with Crippen molar-refractivity contribution in [2.45, 2.75) is 10.7 Å². The van der Waals surface area contributed by atoms with Crippen molar-refractivity contribution in [1.29, 1.82) is 0 Å². The van der Waals surface area contributed by atoms with E-state index < -0.39 is 26.5 Å². The van der Waals surface area contributed by atoms with Gasteiger partial charge >= 0.3 is 11.7 Å². The lowest BCUT2D eigenvalue weighted by atomic mass is 10.2. The van der Waals surface area contributed by atoms with E-state index in [1.165, 1.54) is 18.2 Å². The average Bonchev–Trinajstić information content (AvgIpc) is 2.97. The third-order valence-electron chi connectivity index (χ3n) is 3.39. The summed E-state index contributed by atoms with van der Waals surface area (Å²) >= 11 is 0. The fourth-order valence-electron chi connectivity index (χ4n) is 2.13. The summed E-state index contributed by atoms with van der Waals surface area (Å²) in [5.74, 6) is -3.98. The van der Waals surface area contributed by atoms with Crippen LogP contribution < -0.4 is 0 Å². The van der Waals surface area contributed by atoms with Gasteiger partial charge in [0, 0.05) is 5.56 Å². The van der Waals surface area contributed by atoms with E-state index in [0.717, 1.165) is 12.1 Å². The first-order valence-electron chi connectivity index (χ1n) is 7.08. The minimum atomic E-state index is -4.65. The van der Waals surface area contributed by atoms with E-state index in [1.807, 2.05) is 6.07 Å². The average molecular weight is 363 g/mol. The molecular weight excluding hydrogens is 352 g/mol. The van der Waals surface area contributed by atoms with Crippen molar-refractivity contribution >= 4 is 27.8 Å². The molecule has 1 aliphatic rings. The van der Waals surface area contributed by atoms with Gasteiger partial charge in [-0.25, -0.2) is 18.2 Å². The minimum absolute atomic E-state index is 0.0309. The lowest BCUT2D eigenvalue weighted by Gasteiger charge is -2.03. The number of nitrogens with zero attached hydrogens (tertiary/aromatic N) is 1. The van der Waals surface area contributed by atoms with Crippen molar-refractivity contribution in [3.8, 4) is 0 Å². The highest BCUT2D eigenvalue weighted by atomic mass is 32.2. The number of hydrogen-bond donors (Lipinski definition) is 0. The zero-order chi connectivity index (χ0) is 18.0. The van der Waals surface area contributed by atoms with E-state index in [1.54, 1.807) is 24.3 Å². The molecule has 0 spiro atoms. The van der Waals surface area contributed by atoms with Gasteiger partial charge in [0.1, 0.15) is 0 Å². The SMILES string of the molecule is O=C1OC(c2ccccc2)=NC1=Cc1ccc(S(=O)(=O)C(F)F)cc1. The van der Waals surface area contributed by atoms with Crippen molar-refractivity contribution in [3.05, 3.63) is 71.4 Å². The van der Waals surface area contributed by atoms with Crippen LogP contribution in [0.3, 0.4) is 0 Å². The first-order chi connectivity index (χ1) is 11.9. The van der Waals surface area contributed by atoms with E-state index in [0.29, 0.717) is 11.1 Å². The molecule has 1 heterocycles. The van der Waals surface area contributed by atoms with E-state index in [4.69, 9.17) is 4.74 Å². The summed E-state index contributed by atoms with van der Waals surface area (Å²) in [6, 6.07) is 13.6. The van der Waals surface area contributed by atoms with Crippen LogP contribution in [0.4, 0.5) is 8.78 Å². The maximum atomic E-state index is 12.5. The smallest absolute Gasteiger partial charge is 0.363 e. The molecule has 0 unspecified atom stereocenters. The third-order valence-corrected chi connectivity index (χ3v) is 4.79. The Morgan fingerprint density at radius 3 is 2.24 bits per heavy atom. The van der Waals surface area contributed by atoms with Gasteiger partial charge in [-0.1, -0.05) is 30.3 Å². The highest BCUT2D eigenvalue weighted by Gasteiger charge is 2.27. The Hall–Kier alpha value is -2.87. The molecule has 8 heteroatoms. The van der Waals surface area contributed by atoms with Crippen LogP contribution >= 0.6 is 0 Å². The highest BCUT2D eigenvalue weighted by molar-refractivity contribution is 7.91. The fraction of sp³-hybridized carbons (Fsp3) is 0.0588. The molecule has 0 aliphatic carbocycles. The molecule has 1 aliphatic heterocycles. The molecule has 0 saturated heterocycles. The Bertz CT molecular complexity index is 965. The van der Waals surface area contributed by atoms with Crippen LogP contribution in [-0.2, 0) is 19.4 Å². The van der Waals surface area contributed by atoms with Crippen molar-refractivity contribution in [2.75, 3.05) is 0 Å². The molecule has 3 rings (SSSR count). The van der Waals surface area contributed by atoms with Gasteiger partial charge in [0.05, 0.1) is 4.90 Å². The molecular formula is C17H11F2NO4S. The van der Waals surface area contributed by atoms with Crippen LogP contribution in [-0.4, -0.2) is 26.0 Å². The van der Waals surface area contributed by atoms with Crippen molar-refractivity contribution < 1.29 is 26.7 Å². The molecule has 0 N–H and O–H groups in total. The lowest BCUT2D eigenvalue weighted by molar-refractivity contribution is -0.129. The van der Waals surface area contributed by atoms with E-state index in [-0.39, 0.29) is 11.6 Å². The van der Waals surface area contributed by atoms with Gasteiger partial charge in [0.25, 0.3) is 0 Å². The second kappa shape index (κ2) is 6.56. The number of benzene rings is 2. The van der Waals surface area contributed by atoms with E-state index in [2.05, 4.69) is 4.99 Å². The number of rotatable bonds is 4. The Morgan fingerprint density at radius 2 is 1.64 bits per heavy atom. The predicted molar refractivity (Wildman–Crippen MR) is 86.7 cm³/mol. The summed E-state index contributed by atoms with van der Waals surface area (Å²) in [6.45, 7) is 0. The number of sulfone groups is 1.